The van der Waals surface area contributed by atoms with Crippen LogP contribution in [-0.2, 0) is 33.6 Å². The number of nitrogens with zero attached hydrogens (tertiary/aromatic N) is 7. The number of carbonyl (C=O) groups is 7. The summed E-state index contributed by atoms with van der Waals surface area (Å²) in [6.07, 6.45) is 0. The van der Waals surface area contributed by atoms with E-state index in [1.807, 2.05) is 0 Å². The molecule has 1 rings (SSSR count). The maximum absolute atomic E-state index is 12.7. The minimum absolute atomic E-state index is 0.202. The molecule has 0 bridgehead atoms. The number of hydrogen-bond donors (Lipinski definition) is 0. The lowest BCUT2D eigenvalue weighted by Gasteiger charge is -2.27. The zero-order chi connectivity index (χ0) is 27.7. The predicted molar refractivity (Wildman–Crippen MR) is 128 cm³/mol. The van der Waals surface area contributed by atoms with Crippen LogP contribution in [0, 0.1) is 0 Å². The molecule has 1 fully saturated rings. The number of hydrogen-bond acceptors (Lipinski definition) is 7. The first-order valence-electron chi connectivity index (χ1n) is 11.4. The Kier molecular flexibility index (Phi) is 11.3. The van der Waals surface area contributed by atoms with Crippen molar-refractivity contribution in [3.63, 3.8) is 0 Å². The van der Waals surface area contributed by atoms with Gasteiger partial charge in [-0.1, -0.05) is 0 Å². The lowest BCUT2D eigenvalue weighted by molar-refractivity contribution is -0.146. The molecular weight excluding hydrogens is 474 g/mol. The van der Waals surface area contributed by atoms with Gasteiger partial charge in [-0.15, -0.1) is 0 Å². The molecule has 0 saturated carbocycles. The van der Waals surface area contributed by atoms with Crippen LogP contribution < -0.4 is 0 Å². The van der Waals surface area contributed by atoms with Crippen molar-refractivity contribution in [2.75, 3.05) is 94.6 Å². The predicted octanol–water partition coefficient (Wildman–Crippen LogP) is -3.40. The van der Waals surface area contributed by atoms with Gasteiger partial charge < -0.3 is 34.3 Å². The van der Waals surface area contributed by atoms with E-state index in [-0.39, 0.29) is 52.4 Å². The Labute approximate surface area is 211 Å². The molecule has 0 spiro atoms. The first-order valence-corrected chi connectivity index (χ1v) is 11.4. The van der Waals surface area contributed by atoms with Crippen molar-refractivity contribution in [3.05, 3.63) is 0 Å². The second kappa shape index (κ2) is 13.4. The summed E-state index contributed by atoms with van der Waals surface area (Å²) >= 11 is 0. The van der Waals surface area contributed by atoms with Crippen LogP contribution in [0.5, 0.6) is 0 Å². The highest BCUT2D eigenvalue weighted by molar-refractivity contribution is 5.93. The Bertz CT molecular complexity index is 894. The van der Waals surface area contributed by atoms with Crippen LogP contribution in [-0.4, -0.2) is 170 Å². The van der Waals surface area contributed by atoms with Crippen molar-refractivity contribution in [2.45, 2.75) is 6.92 Å². The van der Waals surface area contributed by atoms with Gasteiger partial charge in [0.05, 0.1) is 45.8 Å². The molecule has 0 aromatic rings. The third-order valence-electron chi connectivity index (χ3n) is 5.85. The fourth-order valence-electron chi connectivity index (χ4n) is 3.11. The Balaban J connectivity index is 3.14. The third-order valence-corrected chi connectivity index (χ3v) is 5.85. The van der Waals surface area contributed by atoms with Crippen molar-refractivity contribution in [1.82, 2.24) is 34.3 Å². The van der Waals surface area contributed by atoms with Crippen molar-refractivity contribution in [1.29, 1.82) is 0 Å². The van der Waals surface area contributed by atoms with Crippen LogP contribution in [0.4, 0.5) is 0 Å². The Morgan fingerprint density at radius 2 is 0.583 bits per heavy atom. The average molecular weight is 512 g/mol. The molecule has 1 saturated heterocycles. The summed E-state index contributed by atoms with van der Waals surface area (Å²) in [5.74, 6) is -3.49. The van der Waals surface area contributed by atoms with Gasteiger partial charge in [0.2, 0.25) is 41.4 Å². The van der Waals surface area contributed by atoms with Crippen molar-refractivity contribution in [2.24, 2.45) is 0 Å². The minimum atomic E-state index is -0.508. The zero-order valence-electron chi connectivity index (χ0n) is 22.1. The van der Waals surface area contributed by atoms with E-state index in [9.17, 15) is 33.6 Å². The monoisotopic (exact) mass is 511 g/mol. The number of carbonyl (C=O) groups excluding carboxylic acids is 7. The molecule has 14 heteroatoms. The Morgan fingerprint density at radius 3 is 0.806 bits per heavy atom. The van der Waals surface area contributed by atoms with Gasteiger partial charge in [-0.3, -0.25) is 33.6 Å². The lowest BCUT2D eigenvalue weighted by atomic mass is 10.3. The average Bonchev–Trinajstić information content (AvgIpc) is 2.80. The fourth-order valence-corrected chi connectivity index (χ4v) is 3.11. The highest BCUT2D eigenvalue weighted by Crippen LogP contribution is 2.01. The molecule has 7 amide bonds. The van der Waals surface area contributed by atoms with Crippen LogP contribution in [0.2, 0.25) is 0 Å². The van der Waals surface area contributed by atoms with E-state index in [0.717, 1.165) is 29.4 Å². The van der Waals surface area contributed by atoms with E-state index in [1.54, 1.807) is 6.92 Å². The number of rotatable bonds is 1. The van der Waals surface area contributed by atoms with Gasteiger partial charge in [-0.25, -0.2) is 0 Å². The SMILES string of the molecule is CCN1CC(=O)N(C)CC(=O)N(C)CC(=O)N(C)CC(=O)N(C)CC(=O)N(C)CC(=O)N(C)CC1=O. The summed E-state index contributed by atoms with van der Waals surface area (Å²) in [5.41, 5.74) is 0. The molecule has 0 N–H and O–H groups in total. The highest BCUT2D eigenvalue weighted by Gasteiger charge is 2.26. The summed E-state index contributed by atoms with van der Waals surface area (Å²) in [6, 6.07) is 0. The van der Waals surface area contributed by atoms with Gasteiger partial charge in [-0.2, -0.15) is 0 Å². The second-order valence-corrected chi connectivity index (χ2v) is 8.91. The maximum atomic E-state index is 12.7. The summed E-state index contributed by atoms with van der Waals surface area (Å²) in [7, 11) is 8.42. The van der Waals surface area contributed by atoms with Crippen LogP contribution in [0.3, 0.4) is 0 Å². The van der Waals surface area contributed by atoms with E-state index < -0.39 is 41.4 Å². The van der Waals surface area contributed by atoms with E-state index in [0.29, 0.717) is 0 Å². The summed E-state index contributed by atoms with van der Waals surface area (Å²) in [6.45, 7) is -0.289. The van der Waals surface area contributed by atoms with Crippen LogP contribution in [0.1, 0.15) is 6.92 Å². The number of likely N-dealkylation sites (N-methyl/N-ethyl adjacent to an activating group) is 7. The van der Waals surface area contributed by atoms with Gasteiger partial charge >= 0.3 is 0 Å². The first-order chi connectivity index (χ1) is 16.7. The van der Waals surface area contributed by atoms with Gasteiger partial charge in [0.1, 0.15) is 0 Å². The van der Waals surface area contributed by atoms with Gasteiger partial charge in [-0.05, 0) is 6.92 Å². The number of amides is 7. The van der Waals surface area contributed by atoms with Gasteiger partial charge in [0.15, 0.2) is 0 Å². The standard InChI is InChI=1S/C22H37N7O7/c1-8-29-15-21(35)27(6)13-19(33)25(4)11-17(31)23(2)9-16(30)24(3)10-18(32)26(5)12-20(34)28(7)14-22(29)36/h8-15H2,1-7H3. The summed E-state index contributed by atoms with van der Waals surface area (Å²) in [4.78, 5) is 96.0. The molecule has 1 aliphatic heterocycles. The quantitative estimate of drug-likeness (QED) is 0.357. The fraction of sp³-hybridized carbons (Fsp3) is 0.682. The molecule has 0 atom stereocenters. The largest absolute Gasteiger partial charge is 0.335 e. The van der Waals surface area contributed by atoms with Crippen LogP contribution in [0.15, 0.2) is 0 Å². The topological polar surface area (TPSA) is 142 Å². The Hall–Kier alpha value is -3.71. The first kappa shape index (κ1) is 30.3. The normalized spacial score (nSPS) is 20.0. The molecule has 202 valence electrons. The molecular formula is C22H37N7O7. The molecule has 0 aromatic heterocycles. The lowest BCUT2D eigenvalue weighted by Crippen LogP contribution is -2.49. The molecule has 1 aliphatic rings. The highest BCUT2D eigenvalue weighted by atomic mass is 16.2. The van der Waals surface area contributed by atoms with E-state index in [4.69, 9.17) is 0 Å². The molecule has 0 unspecified atom stereocenters. The summed E-state index contributed by atoms with van der Waals surface area (Å²) < 4.78 is 0. The van der Waals surface area contributed by atoms with Crippen LogP contribution in [0.25, 0.3) is 0 Å². The van der Waals surface area contributed by atoms with E-state index in [2.05, 4.69) is 0 Å². The summed E-state index contributed by atoms with van der Waals surface area (Å²) in [5, 5.41) is 0. The van der Waals surface area contributed by atoms with Crippen molar-refractivity contribution in [3.8, 4) is 0 Å². The van der Waals surface area contributed by atoms with Crippen LogP contribution >= 0.6 is 0 Å². The molecule has 0 radical (unpaired) electrons. The molecule has 1 heterocycles. The van der Waals surface area contributed by atoms with E-state index >= 15 is 0 Å². The smallest absolute Gasteiger partial charge is 0.242 e. The van der Waals surface area contributed by atoms with Gasteiger partial charge in [0.25, 0.3) is 0 Å². The molecule has 14 nitrogen and oxygen atoms in total. The maximum Gasteiger partial charge on any atom is 0.242 e. The molecule has 36 heavy (non-hydrogen) atoms. The van der Waals surface area contributed by atoms with Gasteiger partial charge in [0, 0.05) is 48.8 Å². The van der Waals surface area contributed by atoms with Crippen molar-refractivity contribution >= 4 is 41.4 Å². The molecule has 0 aliphatic carbocycles. The van der Waals surface area contributed by atoms with Crippen molar-refractivity contribution < 1.29 is 33.6 Å². The second-order valence-electron chi connectivity index (χ2n) is 8.91. The minimum Gasteiger partial charge on any atom is -0.335 e. The Morgan fingerprint density at radius 1 is 0.389 bits per heavy atom. The zero-order valence-corrected chi connectivity index (χ0v) is 22.1. The molecule has 0 aromatic carbocycles. The third kappa shape index (κ3) is 8.82. The van der Waals surface area contributed by atoms with E-state index in [1.165, 1.54) is 47.2 Å².